The number of nitrogens with one attached hydrogen (secondary N) is 1. The maximum atomic E-state index is 12.1. The number of aromatic amines is 1. The molecule has 0 aliphatic carbocycles. The number of hydrogen-bond donors (Lipinski definition) is 2. The van der Waals surface area contributed by atoms with E-state index in [0.717, 1.165) is 18.5 Å². The number of piperidine rings is 1. The number of aromatic nitrogens is 1. The van der Waals surface area contributed by atoms with E-state index in [1.54, 1.807) is 24.0 Å². The number of rotatable bonds is 1. The van der Waals surface area contributed by atoms with Crippen LogP contribution in [0.4, 0.5) is 0 Å². The highest BCUT2D eigenvalue weighted by atomic mass is 16.2. The summed E-state index contributed by atoms with van der Waals surface area (Å²) >= 11 is 0. The number of amides is 1. The van der Waals surface area contributed by atoms with Gasteiger partial charge in [0.2, 0.25) is 0 Å². The van der Waals surface area contributed by atoms with Gasteiger partial charge >= 0.3 is 0 Å². The van der Waals surface area contributed by atoms with Gasteiger partial charge in [-0.3, -0.25) is 9.59 Å². The molecule has 5 heteroatoms. The second-order valence-electron chi connectivity index (χ2n) is 4.51. The molecule has 2 heterocycles. The van der Waals surface area contributed by atoms with Crippen LogP contribution in [0.3, 0.4) is 0 Å². The Bertz CT molecular complexity index is 473. The van der Waals surface area contributed by atoms with Crippen LogP contribution >= 0.6 is 0 Å². The van der Waals surface area contributed by atoms with E-state index >= 15 is 0 Å². The molecule has 3 N–H and O–H groups in total. The summed E-state index contributed by atoms with van der Waals surface area (Å²) in [7, 11) is 0. The fourth-order valence-electron chi connectivity index (χ4n) is 2.01. The lowest BCUT2D eigenvalue weighted by Crippen LogP contribution is -2.44. The van der Waals surface area contributed by atoms with Crippen LogP contribution in [0, 0.1) is 6.92 Å². The molecule has 0 spiro atoms. The molecule has 1 amide bonds. The molecule has 0 unspecified atom stereocenters. The second-order valence-corrected chi connectivity index (χ2v) is 4.51. The molecule has 1 fully saturated rings. The molecule has 0 aromatic carbocycles. The van der Waals surface area contributed by atoms with Crippen LogP contribution in [-0.4, -0.2) is 34.9 Å². The van der Waals surface area contributed by atoms with Gasteiger partial charge in [-0.15, -0.1) is 0 Å². The molecular formula is C12H17N3O2. The molecule has 92 valence electrons. The predicted molar refractivity (Wildman–Crippen MR) is 64.9 cm³/mol. The van der Waals surface area contributed by atoms with Gasteiger partial charge < -0.3 is 15.6 Å². The minimum atomic E-state index is -0.315. The van der Waals surface area contributed by atoms with Crippen LogP contribution in [0.15, 0.2) is 16.9 Å². The van der Waals surface area contributed by atoms with Gasteiger partial charge in [-0.05, 0) is 31.9 Å². The number of likely N-dealkylation sites (tertiary alicyclic amines) is 1. The third kappa shape index (κ3) is 2.55. The van der Waals surface area contributed by atoms with Crippen molar-refractivity contribution in [2.24, 2.45) is 5.73 Å². The monoisotopic (exact) mass is 235 g/mol. The fourth-order valence-corrected chi connectivity index (χ4v) is 2.01. The lowest BCUT2D eigenvalue weighted by atomic mass is 10.1. The molecule has 1 aliphatic rings. The van der Waals surface area contributed by atoms with Crippen molar-refractivity contribution in [1.82, 2.24) is 9.88 Å². The molecule has 1 saturated heterocycles. The normalized spacial score (nSPS) is 17.2. The molecule has 5 nitrogen and oxygen atoms in total. The van der Waals surface area contributed by atoms with E-state index in [1.807, 2.05) is 0 Å². The third-order valence-electron chi connectivity index (χ3n) is 3.11. The van der Waals surface area contributed by atoms with Crippen LogP contribution in [0.2, 0.25) is 0 Å². The first-order valence-corrected chi connectivity index (χ1v) is 5.82. The van der Waals surface area contributed by atoms with Gasteiger partial charge in [-0.2, -0.15) is 0 Å². The maximum Gasteiger partial charge on any atom is 0.260 e. The number of carbonyl (C=O) groups is 1. The average Bonchev–Trinajstić information content (AvgIpc) is 2.29. The van der Waals surface area contributed by atoms with E-state index in [9.17, 15) is 9.59 Å². The number of aryl methyl sites for hydroxylation is 1. The van der Waals surface area contributed by atoms with Gasteiger partial charge in [-0.1, -0.05) is 0 Å². The summed E-state index contributed by atoms with van der Waals surface area (Å²) in [6.45, 7) is 3.05. The van der Waals surface area contributed by atoms with Crippen molar-refractivity contribution in [3.8, 4) is 0 Å². The lowest BCUT2D eigenvalue weighted by Gasteiger charge is -2.29. The molecule has 2 rings (SSSR count). The molecule has 0 radical (unpaired) electrons. The predicted octanol–water partition coefficient (Wildman–Crippen LogP) is 0.247. The Morgan fingerprint density at radius 1 is 1.41 bits per heavy atom. The summed E-state index contributed by atoms with van der Waals surface area (Å²) in [6.07, 6.45) is 1.60. The minimum Gasteiger partial charge on any atom is -0.338 e. The van der Waals surface area contributed by atoms with Crippen LogP contribution in [0.25, 0.3) is 0 Å². The Hall–Kier alpha value is -1.62. The number of H-pyrrole nitrogens is 1. The first-order valence-electron chi connectivity index (χ1n) is 5.82. The largest absolute Gasteiger partial charge is 0.338 e. The highest BCUT2D eigenvalue weighted by molar-refractivity contribution is 5.93. The molecular weight excluding hydrogens is 218 g/mol. The highest BCUT2D eigenvalue weighted by Crippen LogP contribution is 2.10. The summed E-state index contributed by atoms with van der Waals surface area (Å²) in [5.74, 6) is -0.196. The SMILES string of the molecule is Cc1ccc(C(=O)N2CCC(N)CC2)c(=O)[nH]1. The third-order valence-corrected chi connectivity index (χ3v) is 3.11. The lowest BCUT2D eigenvalue weighted by molar-refractivity contribution is 0.0713. The van der Waals surface area contributed by atoms with Crippen LogP contribution < -0.4 is 11.3 Å². The summed E-state index contributed by atoms with van der Waals surface area (Å²) < 4.78 is 0. The van der Waals surface area contributed by atoms with Crippen molar-refractivity contribution < 1.29 is 4.79 Å². The molecule has 17 heavy (non-hydrogen) atoms. The standard InChI is InChI=1S/C12H17N3O2/c1-8-2-3-10(11(16)14-8)12(17)15-6-4-9(13)5-7-15/h2-3,9H,4-7,13H2,1H3,(H,14,16). The quantitative estimate of drug-likeness (QED) is 0.732. The Balaban J connectivity index is 2.17. The summed E-state index contributed by atoms with van der Waals surface area (Å²) in [4.78, 5) is 28.1. The van der Waals surface area contributed by atoms with E-state index in [2.05, 4.69) is 4.98 Å². The second kappa shape index (κ2) is 4.71. The Morgan fingerprint density at radius 3 is 2.65 bits per heavy atom. The van der Waals surface area contributed by atoms with Gasteiger partial charge in [-0.25, -0.2) is 0 Å². The summed E-state index contributed by atoms with van der Waals surface area (Å²) in [5, 5.41) is 0. The van der Waals surface area contributed by atoms with E-state index in [0.29, 0.717) is 13.1 Å². The molecule has 1 aromatic rings. The zero-order chi connectivity index (χ0) is 12.4. The average molecular weight is 235 g/mol. The Labute approximate surface area is 99.6 Å². The molecule has 1 aromatic heterocycles. The van der Waals surface area contributed by atoms with E-state index in [-0.39, 0.29) is 23.1 Å². The van der Waals surface area contributed by atoms with Gasteiger partial charge in [0.05, 0.1) is 0 Å². The highest BCUT2D eigenvalue weighted by Gasteiger charge is 2.23. The zero-order valence-electron chi connectivity index (χ0n) is 9.90. The van der Waals surface area contributed by atoms with Crippen LogP contribution in [0.1, 0.15) is 28.9 Å². The van der Waals surface area contributed by atoms with Crippen LogP contribution in [0.5, 0.6) is 0 Å². The smallest absolute Gasteiger partial charge is 0.260 e. The zero-order valence-corrected chi connectivity index (χ0v) is 9.90. The molecule has 0 saturated carbocycles. The van der Waals surface area contributed by atoms with Crippen molar-refractivity contribution >= 4 is 5.91 Å². The number of nitrogens with two attached hydrogens (primary N) is 1. The number of nitrogens with zero attached hydrogens (tertiary/aromatic N) is 1. The van der Waals surface area contributed by atoms with Gasteiger partial charge in [0.1, 0.15) is 5.56 Å². The first kappa shape index (κ1) is 11.9. The maximum absolute atomic E-state index is 12.1. The van der Waals surface area contributed by atoms with Crippen molar-refractivity contribution in [3.63, 3.8) is 0 Å². The van der Waals surface area contributed by atoms with E-state index < -0.39 is 0 Å². The van der Waals surface area contributed by atoms with Crippen LogP contribution in [-0.2, 0) is 0 Å². The van der Waals surface area contributed by atoms with Crippen molar-refractivity contribution in [1.29, 1.82) is 0 Å². The van der Waals surface area contributed by atoms with Crippen molar-refractivity contribution in [3.05, 3.63) is 33.7 Å². The Kier molecular flexibility index (Phi) is 3.28. The Morgan fingerprint density at radius 2 is 2.06 bits per heavy atom. The van der Waals surface area contributed by atoms with Gasteiger partial charge in [0.25, 0.3) is 11.5 Å². The van der Waals surface area contributed by atoms with E-state index in [1.165, 1.54) is 0 Å². The van der Waals surface area contributed by atoms with Gasteiger partial charge in [0.15, 0.2) is 0 Å². The van der Waals surface area contributed by atoms with E-state index in [4.69, 9.17) is 5.73 Å². The minimum absolute atomic E-state index is 0.176. The number of pyridine rings is 1. The molecule has 0 bridgehead atoms. The van der Waals surface area contributed by atoms with Crippen molar-refractivity contribution in [2.75, 3.05) is 13.1 Å². The van der Waals surface area contributed by atoms with Gasteiger partial charge in [0, 0.05) is 24.8 Å². The first-order chi connectivity index (χ1) is 8.08. The molecule has 1 aliphatic heterocycles. The van der Waals surface area contributed by atoms with Crippen molar-refractivity contribution in [2.45, 2.75) is 25.8 Å². The topological polar surface area (TPSA) is 79.2 Å². The number of hydrogen-bond acceptors (Lipinski definition) is 3. The molecule has 0 atom stereocenters. The number of carbonyl (C=O) groups excluding carboxylic acids is 1. The summed E-state index contributed by atoms with van der Waals surface area (Å²) in [5.41, 5.74) is 6.44. The fraction of sp³-hybridized carbons (Fsp3) is 0.500. The summed E-state index contributed by atoms with van der Waals surface area (Å²) in [6, 6.07) is 3.50.